The standard InChI is InChI=1S/C19H20FNO/c1-14-7-10-17(12-18(14)20)19(11-15-8-9-15)21-22-13-16-5-3-2-4-6-16/h2-7,10,12,15H,8-9,11,13H2,1H3. The highest BCUT2D eigenvalue weighted by Gasteiger charge is 2.24. The predicted molar refractivity (Wildman–Crippen MR) is 86.2 cm³/mol. The van der Waals surface area contributed by atoms with Gasteiger partial charge >= 0.3 is 0 Å². The molecule has 1 saturated carbocycles. The number of benzene rings is 2. The van der Waals surface area contributed by atoms with Crippen molar-refractivity contribution in [3.63, 3.8) is 0 Å². The Morgan fingerprint density at radius 2 is 1.95 bits per heavy atom. The van der Waals surface area contributed by atoms with Crippen LogP contribution in [0.4, 0.5) is 4.39 Å². The highest BCUT2D eigenvalue weighted by molar-refractivity contribution is 6.00. The Morgan fingerprint density at radius 3 is 2.64 bits per heavy atom. The third-order valence-electron chi connectivity index (χ3n) is 3.93. The number of hydrogen-bond donors (Lipinski definition) is 0. The van der Waals surface area contributed by atoms with Gasteiger partial charge in [-0.05, 0) is 49.3 Å². The second-order valence-corrected chi connectivity index (χ2v) is 5.91. The molecule has 2 aromatic carbocycles. The molecule has 0 radical (unpaired) electrons. The van der Waals surface area contributed by atoms with E-state index in [2.05, 4.69) is 5.16 Å². The van der Waals surface area contributed by atoms with E-state index in [4.69, 9.17) is 4.84 Å². The summed E-state index contributed by atoms with van der Waals surface area (Å²) in [5.74, 6) is 0.479. The topological polar surface area (TPSA) is 21.6 Å². The first-order valence-electron chi connectivity index (χ1n) is 7.71. The number of hydrogen-bond acceptors (Lipinski definition) is 2. The van der Waals surface area contributed by atoms with Crippen molar-refractivity contribution in [2.24, 2.45) is 11.1 Å². The number of nitrogens with zero attached hydrogens (tertiary/aromatic N) is 1. The smallest absolute Gasteiger partial charge is 0.142 e. The summed E-state index contributed by atoms with van der Waals surface area (Å²) >= 11 is 0. The zero-order valence-electron chi connectivity index (χ0n) is 12.8. The molecule has 3 rings (SSSR count). The van der Waals surface area contributed by atoms with Crippen LogP contribution < -0.4 is 0 Å². The summed E-state index contributed by atoms with van der Waals surface area (Å²) in [7, 11) is 0. The molecule has 0 aliphatic heterocycles. The average molecular weight is 297 g/mol. The van der Waals surface area contributed by atoms with Crippen molar-refractivity contribution in [2.45, 2.75) is 32.8 Å². The van der Waals surface area contributed by atoms with E-state index in [-0.39, 0.29) is 5.82 Å². The summed E-state index contributed by atoms with van der Waals surface area (Å²) < 4.78 is 13.8. The van der Waals surface area contributed by atoms with Gasteiger partial charge in [0.05, 0.1) is 5.71 Å². The zero-order chi connectivity index (χ0) is 15.4. The molecule has 1 aliphatic carbocycles. The normalized spacial score (nSPS) is 14.9. The molecule has 2 nitrogen and oxygen atoms in total. The maximum Gasteiger partial charge on any atom is 0.142 e. The molecule has 0 unspecified atom stereocenters. The number of oxime groups is 1. The SMILES string of the molecule is Cc1ccc(C(CC2CC2)=NOCc2ccccc2)cc1F. The Morgan fingerprint density at radius 1 is 1.18 bits per heavy atom. The third-order valence-corrected chi connectivity index (χ3v) is 3.93. The summed E-state index contributed by atoms with van der Waals surface area (Å²) in [6, 6.07) is 15.2. The number of halogens is 1. The molecular formula is C19H20FNO. The minimum Gasteiger partial charge on any atom is -0.391 e. The van der Waals surface area contributed by atoms with Crippen LogP contribution >= 0.6 is 0 Å². The van der Waals surface area contributed by atoms with Gasteiger partial charge in [-0.3, -0.25) is 0 Å². The van der Waals surface area contributed by atoms with Crippen LogP contribution in [0.1, 0.15) is 36.0 Å². The van der Waals surface area contributed by atoms with E-state index < -0.39 is 0 Å². The summed E-state index contributed by atoms with van der Waals surface area (Å²) in [6.45, 7) is 2.20. The molecule has 0 amide bonds. The van der Waals surface area contributed by atoms with Gasteiger partial charge in [0.1, 0.15) is 12.4 Å². The second kappa shape index (κ2) is 6.73. The molecule has 2 aromatic rings. The molecular weight excluding hydrogens is 277 g/mol. The van der Waals surface area contributed by atoms with Crippen molar-refractivity contribution in [1.82, 2.24) is 0 Å². The molecule has 1 fully saturated rings. The lowest BCUT2D eigenvalue weighted by molar-refractivity contribution is 0.130. The minimum absolute atomic E-state index is 0.191. The van der Waals surface area contributed by atoms with Crippen LogP contribution in [0.2, 0.25) is 0 Å². The molecule has 0 aromatic heterocycles. The molecule has 22 heavy (non-hydrogen) atoms. The molecule has 0 heterocycles. The van der Waals surface area contributed by atoms with Gasteiger partial charge in [-0.25, -0.2) is 4.39 Å². The van der Waals surface area contributed by atoms with E-state index in [1.807, 2.05) is 36.4 Å². The van der Waals surface area contributed by atoms with Gasteiger partial charge in [-0.2, -0.15) is 0 Å². The first-order valence-corrected chi connectivity index (χ1v) is 7.71. The zero-order valence-corrected chi connectivity index (χ0v) is 12.8. The van der Waals surface area contributed by atoms with E-state index in [0.717, 1.165) is 23.3 Å². The van der Waals surface area contributed by atoms with Gasteiger partial charge in [0.25, 0.3) is 0 Å². The number of aryl methyl sites for hydroxylation is 1. The molecule has 0 saturated heterocycles. The molecule has 0 atom stereocenters. The summed E-state index contributed by atoms with van der Waals surface area (Å²) in [5.41, 5.74) is 3.40. The van der Waals surface area contributed by atoms with Crippen molar-refractivity contribution in [3.8, 4) is 0 Å². The summed E-state index contributed by atoms with van der Waals surface area (Å²) in [6.07, 6.45) is 3.31. The maximum atomic E-state index is 13.8. The summed E-state index contributed by atoms with van der Waals surface area (Å²) in [4.78, 5) is 5.50. The largest absolute Gasteiger partial charge is 0.391 e. The van der Waals surface area contributed by atoms with Crippen LogP contribution in [-0.2, 0) is 11.4 Å². The fourth-order valence-corrected chi connectivity index (χ4v) is 2.33. The fraction of sp³-hybridized carbons (Fsp3) is 0.316. The van der Waals surface area contributed by atoms with Gasteiger partial charge < -0.3 is 4.84 Å². The molecule has 0 bridgehead atoms. The highest BCUT2D eigenvalue weighted by atomic mass is 19.1. The van der Waals surface area contributed by atoms with E-state index >= 15 is 0 Å². The van der Waals surface area contributed by atoms with Crippen molar-refractivity contribution in [2.75, 3.05) is 0 Å². The summed E-state index contributed by atoms with van der Waals surface area (Å²) in [5, 5.41) is 4.29. The maximum absolute atomic E-state index is 13.8. The lowest BCUT2D eigenvalue weighted by Gasteiger charge is -2.08. The molecule has 0 spiro atoms. The van der Waals surface area contributed by atoms with Crippen LogP contribution in [0.3, 0.4) is 0 Å². The minimum atomic E-state index is -0.191. The van der Waals surface area contributed by atoms with E-state index in [9.17, 15) is 4.39 Å². The Bertz CT molecular complexity index is 662. The fourth-order valence-electron chi connectivity index (χ4n) is 2.33. The lowest BCUT2D eigenvalue weighted by atomic mass is 10.0. The van der Waals surface area contributed by atoms with Crippen molar-refractivity contribution in [3.05, 3.63) is 71.0 Å². The number of rotatable bonds is 6. The molecule has 0 N–H and O–H groups in total. The monoisotopic (exact) mass is 297 g/mol. The molecule has 114 valence electrons. The van der Waals surface area contributed by atoms with Crippen molar-refractivity contribution in [1.29, 1.82) is 0 Å². The van der Waals surface area contributed by atoms with Crippen molar-refractivity contribution >= 4 is 5.71 Å². The van der Waals surface area contributed by atoms with Gasteiger partial charge in [0, 0.05) is 5.56 Å². The van der Waals surface area contributed by atoms with E-state index in [1.165, 1.54) is 12.8 Å². The first-order chi connectivity index (χ1) is 10.7. The average Bonchev–Trinajstić information content (AvgIpc) is 3.34. The van der Waals surface area contributed by atoms with Gasteiger partial charge in [-0.15, -0.1) is 0 Å². The highest BCUT2D eigenvalue weighted by Crippen LogP contribution is 2.34. The second-order valence-electron chi connectivity index (χ2n) is 5.91. The predicted octanol–water partition coefficient (Wildman–Crippen LogP) is 4.86. The van der Waals surface area contributed by atoms with Crippen LogP contribution in [0.15, 0.2) is 53.7 Å². The van der Waals surface area contributed by atoms with Crippen LogP contribution in [-0.4, -0.2) is 5.71 Å². The Kier molecular flexibility index (Phi) is 4.52. The van der Waals surface area contributed by atoms with Gasteiger partial charge in [0.15, 0.2) is 0 Å². The Hall–Kier alpha value is -2.16. The van der Waals surface area contributed by atoms with Crippen LogP contribution in [0.25, 0.3) is 0 Å². The quantitative estimate of drug-likeness (QED) is 0.551. The van der Waals surface area contributed by atoms with Crippen LogP contribution in [0, 0.1) is 18.7 Å². The Balaban J connectivity index is 1.73. The third kappa shape index (κ3) is 3.94. The van der Waals surface area contributed by atoms with Crippen molar-refractivity contribution < 1.29 is 9.23 Å². The molecule has 3 heteroatoms. The van der Waals surface area contributed by atoms with Gasteiger partial charge in [0.2, 0.25) is 0 Å². The van der Waals surface area contributed by atoms with Crippen LogP contribution in [0.5, 0.6) is 0 Å². The lowest BCUT2D eigenvalue weighted by Crippen LogP contribution is -2.05. The molecule has 1 aliphatic rings. The Labute approximate surface area is 130 Å². The van der Waals surface area contributed by atoms with E-state index in [1.54, 1.807) is 19.1 Å². The first kappa shape index (κ1) is 14.8. The van der Waals surface area contributed by atoms with E-state index in [0.29, 0.717) is 18.1 Å². The van der Waals surface area contributed by atoms with Gasteiger partial charge in [-0.1, -0.05) is 47.6 Å².